The minimum absolute atomic E-state index is 0.203. The van der Waals surface area contributed by atoms with Gasteiger partial charge in [0.05, 0.1) is 6.33 Å². The van der Waals surface area contributed by atoms with Crippen LogP contribution < -0.4 is 10.6 Å². The molecule has 0 amide bonds. The number of nitrogens with one attached hydrogen (secondary N) is 3. The zero-order chi connectivity index (χ0) is 14.0. The fraction of sp³-hybridized carbons (Fsp3) is 0.643. The van der Waals surface area contributed by atoms with Crippen LogP contribution in [0.5, 0.6) is 0 Å². The van der Waals surface area contributed by atoms with E-state index in [2.05, 4.69) is 44.4 Å². The first kappa shape index (κ1) is 13.1. The number of aromatic nitrogens is 4. The van der Waals surface area contributed by atoms with E-state index in [1.165, 1.54) is 19.3 Å². The maximum atomic E-state index is 4.62. The van der Waals surface area contributed by atoms with E-state index in [1.54, 1.807) is 6.33 Å². The van der Waals surface area contributed by atoms with Crippen LogP contribution >= 0.6 is 0 Å². The van der Waals surface area contributed by atoms with Crippen LogP contribution in [-0.2, 0) is 0 Å². The van der Waals surface area contributed by atoms with Crippen molar-refractivity contribution in [2.45, 2.75) is 51.5 Å². The van der Waals surface area contributed by atoms with Gasteiger partial charge in [-0.2, -0.15) is 9.97 Å². The van der Waals surface area contributed by atoms with Crippen LogP contribution in [-0.4, -0.2) is 32.0 Å². The first-order valence-corrected chi connectivity index (χ1v) is 7.49. The van der Waals surface area contributed by atoms with E-state index in [0.29, 0.717) is 11.6 Å². The summed E-state index contributed by atoms with van der Waals surface area (Å²) in [5.74, 6) is 1.52. The van der Waals surface area contributed by atoms with Gasteiger partial charge in [0.25, 0.3) is 0 Å². The summed E-state index contributed by atoms with van der Waals surface area (Å²) in [6.07, 6.45) is 7.54. The molecule has 3 rings (SSSR count). The summed E-state index contributed by atoms with van der Waals surface area (Å²) in [5, 5.41) is 6.87. The zero-order valence-corrected chi connectivity index (χ0v) is 12.2. The summed E-state index contributed by atoms with van der Waals surface area (Å²) in [4.78, 5) is 16.5. The van der Waals surface area contributed by atoms with E-state index >= 15 is 0 Å². The molecule has 0 bridgehead atoms. The van der Waals surface area contributed by atoms with Crippen molar-refractivity contribution in [3.05, 3.63) is 6.33 Å². The van der Waals surface area contributed by atoms with Crippen molar-refractivity contribution < 1.29 is 0 Å². The molecule has 1 saturated carbocycles. The van der Waals surface area contributed by atoms with Gasteiger partial charge in [0, 0.05) is 12.1 Å². The number of rotatable bonds is 6. The molecule has 0 atom stereocenters. The molecule has 2 heterocycles. The lowest BCUT2D eigenvalue weighted by molar-refractivity contribution is 0.269. The van der Waals surface area contributed by atoms with Crippen LogP contribution in [0.15, 0.2) is 6.33 Å². The van der Waals surface area contributed by atoms with Crippen molar-refractivity contribution in [1.29, 1.82) is 0 Å². The smallest absolute Gasteiger partial charge is 0.226 e. The number of hydrogen-bond acceptors (Lipinski definition) is 5. The van der Waals surface area contributed by atoms with Crippen molar-refractivity contribution in [3.8, 4) is 0 Å². The predicted octanol–water partition coefficient (Wildman–Crippen LogP) is 2.92. The Morgan fingerprint density at radius 3 is 2.80 bits per heavy atom. The molecule has 1 aliphatic carbocycles. The Kier molecular flexibility index (Phi) is 3.46. The molecule has 108 valence electrons. The highest BCUT2D eigenvalue weighted by Crippen LogP contribution is 2.38. The Labute approximate surface area is 118 Å². The first-order chi connectivity index (χ1) is 9.76. The molecular weight excluding hydrogens is 252 g/mol. The number of aromatic amines is 1. The van der Waals surface area contributed by atoms with Gasteiger partial charge in [0.2, 0.25) is 5.95 Å². The lowest BCUT2D eigenvalue weighted by atomic mass is 9.75. The second kappa shape index (κ2) is 5.26. The molecule has 2 aromatic heterocycles. The van der Waals surface area contributed by atoms with Crippen molar-refractivity contribution in [3.63, 3.8) is 0 Å². The standard InChI is InChI=1S/C14H22N6/c1-3-8-15-13-18-11-10(16-9-17-11)12(19-13)20-14(4-2)6-5-7-14/h9H,3-8H2,1-2H3,(H3,15,16,17,18,19,20). The third-order valence-corrected chi connectivity index (χ3v) is 4.19. The molecule has 6 nitrogen and oxygen atoms in total. The largest absolute Gasteiger partial charge is 0.363 e. The van der Waals surface area contributed by atoms with Crippen LogP contribution in [0.3, 0.4) is 0 Å². The summed E-state index contributed by atoms with van der Waals surface area (Å²) in [6.45, 7) is 5.22. The average molecular weight is 274 g/mol. The van der Waals surface area contributed by atoms with Gasteiger partial charge in [-0.15, -0.1) is 0 Å². The van der Waals surface area contributed by atoms with Crippen LogP contribution in [0.1, 0.15) is 46.0 Å². The summed E-state index contributed by atoms with van der Waals surface area (Å²) in [5.41, 5.74) is 1.81. The lowest BCUT2D eigenvalue weighted by Gasteiger charge is -2.42. The Hall–Kier alpha value is -1.85. The molecule has 6 heteroatoms. The molecule has 1 aliphatic rings. The Bertz CT molecular complexity index is 581. The number of anilines is 2. The maximum Gasteiger partial charge on any atom is 0.226 e. The van der Waals surface area contributed by atoms with Crippen LogP contribution in [0.4, 0.5) is 11.8 Å². The highest BCUT2D eigenvalue weighted by Gasteiger charge is 2.35. The topological polar surface area (TPSA) is 78.5 Å². The second-order valence-electron chi connectivity index (χ2n) is 5.54. The monoisotopic (exact) mass is 274 g/mol. The van der Waals surface area contributed by atoms with Gasteiger partial charge in [-0.25, -0.2) is 4.98 Å². The maximum absolute atomic E-state index is 4.62. The van der Waals surface area contributed by atoms with Gasteiger partial charge in [-0.05, 0) is 32.1 Å². The lowest BCUT2D eigenvalue weighted by Crippen LogP contribution is -2.44. The van der Waals surface area contributed by atoms with Crippen molar-refractivity contribution in [2.24, 2.45) is 0 Å². The Morgan fingerprint density at radius 1 is 1.30 bits per heavy atom. The minimum Gasteiger partial charge on any atom is -0.363 e. The highest BCUT2D eigenvalue weighted by molar-refractivity contribution is 5.84. The van der Waals surface area contributed by atoms with E-state index in [9.17, 15) is 0 Å². The molecule has 0 aliphatic heterocycles. The zero-order valence-electron chi connectivity index (χ0n) is 12.2. The fourth-order valence-electron chi connectivity index (χ4n) is 2.66. The molecular formula is C14H22N6. The predicted molar refractivity (Wildman–Crippen MR) is 81.0 cm³/mol. The number of H-pyrrole nitrogens is 1. The summed E-state index contributed by atoms with van der Waals surface area (Å²) in [6, 6.07) is 0. The first-order valence-electron chi connectivity index (χ1n) is 7.49. The molecule has 0 saturated heterocycles. The highest BCUT2D eigenvalue weighted by atomic mass is 15.2. The van der Waals surface area contributed by atoms with Crippen LogP contribution in [0, 0.1) is 0 Å². The van der Waals surface area contributed by atoms with E-state index < -0.39 is 0 Å². The third-order valence-electron chi connectivity index (χ3n) is 4.19. The molecule has 0 unspecified atom stereocenters. The number of imidazole rings is 1. The summed E-state index contributed by atoms with van der Waals surface area (Å²) < 4.78 is 0. The quantitative estimate of drug-likeness (QED) is 0.755. The SMILES string of the molecule is CCCNc1nc(NC2(CC)CCC2)c2[nH]cnc2n1. The van der Waals surface area contributed by atoms with Crippen molar-refractivity contribution in [2.75, 3.05) is 17.2 Å². The van der Waals surface area contributed by atoms with Crippen LogP contribution in [0.25, 0.3) is 11.2 Å². The van der Waals surface area contributed by atoms with Crippen LogP contribution in [0.2, 0.25) is 0 Å². The van der Waals surface area contributed by atoms with Gasteiger partial charge in [-0.3, -0.25) is 0 Å². The van der Waals surface area contributed by atoms with E-state index in [0.717, 1.165) is 30.7 Å². The number of fused-ring (bicyclic) bond motifs is 1. The molecule has 3 N–H and O–H groups in total. The van der Waals surface area contributed by atoms with Gasteiger partial charge < -0.3 is 15.6 Å². The normalized spacial score (nSPS) is 16.9. The van der Waals surface area contributed by atoms with Gasteiger partial charge in [0.15, 0.2) is 11.5 Å². The Morgan fingerprint density at radius 2 is 2.15 bits per heavy atom. The summed E-state index contributed by atoms with van der Waals surface area (Å²) in [7, 11) is 0. The van der Waals surface area contributed by atoms with E-state index in [4.69, 9.17) is 0 Å². The van der Waals surface area contributed by atoms with Crippen molar-refractivity contribution in [1.82, 2.24) is 19.9 Å². The summed E-state index contributed by atoms with van der Waals surface area (Å²) >= 11 is 0. The van der Waals surface area contributed by atoms with Crippen molar-refractivity contribution >= 4 is 22.9 Å². The van der Waals surface area contributed by atoms with Gasteiger partial charge in [0.1, 0.15) is 5.52 Å². The molecule has 0 aromatic carbocycles. The molecule has 1 fully saturated rings. The fourth-order valence-corrected chi connectivity index (χ4v) is 2.66. The molecule has 0 radical (unpaired) electrons. The Balaban J connectivity index is 1.92. The van der Waals surface area contributed by atoms with E-state index in [1.807, 2.05) is 0 Å². The molecule has 2 aromatic rings. The minimum atomic E-state index is 0.203. The number of nitrogens with zero attached hydrogens (tertiary/aromatic N) is 3. The molecule has 0 spiro atoms. The van der Waals surface area contributed by atoms with E-state index in [-0.39, 0.29) is 5.54 Å². The van der Waals surface area contributed by atoms with Gasteiger partial charge in [-0.1, -0.05) is 13.8 Å². The average Bonchev–Trinajstić information content (AvgIpc) is 2.88. The van der Waals surface area contributed by atoms with Gasteiger partial charge >= 0.3 is 0 Å². The second-order valence-corrected chi connectivity index (χ2v) is 5.54. The third kappa shape index (κ3) is 2.30. The number of hydrogen-bond donors (Lipinski definition) is 3. The molecule has 20 heavy (non-hydrogen) atoms.